The maximum absolute atomic E-state index is 14.6. The molecule has 1 heterocycles. The molecule has 1 aromatic heterocycles. The number of fused-ring (bicyclic) bond motifs is 1. The highest BCUT2D eigenvalue weighted by atomic mass is 19.1. The smallest absolute Gasteiger partial charge is 0.203 e. The molecule has 4 rings (SSSR count). The number of nitrogens with one attached hydrogen (secondary N) is 1. The number of nitrogens with zero attached hydrogens (tertiary/aromatic N) is 1. The quantitative estimate of drug-likeness (QED) is 0.197. The number of H-pyrrole nitrogens is 1. The highest BCUT2D eigenvalue weighted by Crippen LogP contribution is 2.30. The zero-order valence-corrected chi connectivity index (χ0v) is 16.9. The van der Waals surface area contributed by atoms with E-state index in [1.807, 2.05) is 0 Å². The molecule has 1 unspecified atom stereocenters. The Hall–Kier alpha value is -3.95. The molecule has 0 aliphatic heterocycles. The third-order valence-corrected chi connectivity index (χ3v) is 5.02. The van der Waals surface area contributed by atoms with Crippen LogP contribution in [0.25, 0.3) is 22.4 Å². The summed E-state index contributed by atoms with van der Waals surface area (Å²) in [4.78, 5) is 20.5. The van der Waals surface area contributed by atoms with Gasteiger partial charge in [-0.3, -0.25) is 4.79 Å². The van der Waals surface area contributed by atoms with E-state index in [4.69, 9.17) is 0 Å². The second kappa shape index (κ2) is 8.89. The number of hydrogen-bond acceptors (Lipinski definition) is 5. The summed E-state index contributed by atoms with van der Waals surface area (Å²) in [6.45, 7) is -0.667. The first-order valence-corrected chi connectivity index (χ1v) is 9.76. The summed E-state index contributed by atoms with van der Waals surface area (Å²) in [5.74, 6) is -5.00. The molecule has 0 saturated carbocycles. The summed E-state index contributed by atoms with van der Waals surface area (Å²) >= 11 is 0. The van der Waals surface area contributed by atoms with Crippen LogP contribution in [0.4, 0.5) is 13.2 Å². The Morgan fingerprint density at radius 3 is 2.36 bits per heavy atom. The molecule has 0 fully saturated rings. The van der Waals surface area contributed by atoms with Crippen molar-refractivity contribution in [2.24, 2.45) is 0 Å². The molecule has 9 heteroatoms. The lowest BCUT2D eigenvalue weighted by Gasteiger charge is -2.13. The summed E-state index contributed by atoms with van der Waals surface area (Å²) in [6.07, 6.45) is -1.37. The van der Waals surface area contributed by atoms with E-state index in [-0.39, 0.29) is 17.0 Å². The molecule has 4 aromatic rings. The molecule has 3 aromatic carbocycles. The summed E-state index contributed by atoms with van der Waals surface area (Å²) in [5.41, 5.74) is -0.447. The third-order valence-electron chi connectivity index (χ3n) is 5.02. The van der Waals surface area contributed by atoms with E-state index in [2.05, 4.69) is 9.97 Å². The Labute approximate surface area is 185 Å². The van der Waals surface area contributed by atoms with Crippen molar-refractivity contribution < 1.29 is 33.3 Å². The summed E-state index contributed by atoms with van der Waals surface area (Å²) in [5, 5.41) is 30.0. The van der Waals surface area contributed by atoms with Crippen LogP contribution in [0.1, 0.15) is 33.4 Å². The Balaban J connectivity index is 1.96. The van der Waals surface area contributed by atoms with Gasteiger partial charge in [-0.25, -0.2) is 18.2 Å². The molecule has 33 heavy (non-hydrogen) atoms. The van der Waals surface area contributed by atoms with Gasteiger partial charge in [-0.15, -0.1) is 0 Å². The molecular weight excluding hydrogens is 437 g/mol. The average Bonchev–Trinajstić information content (AvgIpc) is 3.21. The molecular formula is C24H17F3N2O4. The molecule has 0 radical (unpaired) electrons. The largest absolute Gasteiger partial charge is 0.506 e. The van der Waals surface area contributed by atoms with Gasteiger partial charge < -0.3 is 20.3 Å². The molecule has 1 atom stereocenters. The molecule has 0 amide bonds. The number of aromatic amines is 1. The van der Waals surface area contributed by atoms with Crippen molar-refractivity contribution in [1.82, 2.24) is 9.97 Å². The number of rotatable bonds is 6. The van der Waals surface area contributed by atoms with Gasteiger partial charge in [0.15, 0.2) is 0 Å². The number of Topliss-reactive ketones (excluding diaryl/α,β-unsaturated/α-hetero) is 1. The molecule has 6 nitrogen and oxygen atoms in total. The normalized spacial score (nSPS) is 13.1. The zero-order chi connectivity index (χ0) is 23.7. The Bertz CT molecular complexity index is 1340. The number of carbonyl (C=O) groups is 1. The first-order chi connectivity index (χ1) is 15.8. The minimum absolute atomic E-state index is 0.0579. The number of hydrogen-bond donors (Lipinski definition) is 4. The SMILES string of the molecule is O=C(C(=C(O)c1cc(F)cc(F)c1)c1nc2ccccc2[nH]1)c1cc(C(O)CO)ccc1F. The number of carbonyl (C=O) groups excluding carboxylic acids is 1. The predicted molar refractivity (Wildman–Crippen MR) is 115 cm³/mol. The number of para-hydroxylation sites is 2. The first-order valence-electron chi connectivity index (χ1n) is 9.76. The average molecular weight is 454 g/mol. The van der Waals surface area contributed by atoms with Gasteiger partial charge in [0.25, 0.3) is 0 Å². The lowest BCUT2D eigenvalue weighted by Crippen LogP contribution is -2.12. The predicted octanol–water partition coefficient (Wildman–Crippen LogP) is 4.32. The van der Waals surface area contributed by atoms with Gasteiger partial charge in [0, 0.05) is 11.6 Å². The van der Waals surface area contributed by atoms with Crippen LogP contribution in [0.3, 0.4) is 0 Å². The van der Waals surface area contributed by atoms with Gasteiger partial charge in [0.05, 0.1) is 23.2 Å². The second-order valence-electron chi connectivity index (χ2n) is 7.25. The van der Waals surface area contributed by atoms with Gasteiger partial charge in [0.1, 0.15) is 40.7 Å². The molecule has 0 aliphatic rings. The van der Waals surface area contributed by atoms with E-state index >= 15 is 0 Å². The third kappa shape index (κ3) is 4.36. The van der Waals surface area contributed by atoms with Crippen LogP contribution < -0.4 is 0 Å². The number of halogens is 3. The van der Waals surface area contributed by atoms with Gasteiger partial charge in [-0.1, -0.05) is 18.2 Å². The molecule has 0 spiro atoms. The number of allylic oxidation sites excluding steroid dienone is 1. The number of aliphatic hydroxyl groups is 3. The van der Waals surface area contributed by atoms with Gasteiger partial charge >= 0.3 is 0 Å². The number of aliphatic hydroxyl groups excluding tert-OH is 3. The van der Waals surface area contributed by atoms with Crippen LogP contribution >= 0.6 is 0 Å². The van der Waals surface area contributed by atoms with Crippen molar-refractivity contribution in [3.05, 3.63) is 101 Å². The van der Waals surface area contributed by atoms with E-state index < -0.39 is 52.8 Å². The van der Waals surface area contributed by atoms with E-state index in [1.165, 1.54) is 6.07 Å². The van der Waals surface area contributed by atoms with Gasteiger partial charge in [-0.2, -0.15) is 0 Å². The van der Waals surface area contributed by atoms with E-state index in [1.54, 1.807) is 24.3 Å². The van der Waals surface area contributed by atoms with Crippen LogP contribution in [-0.4, -0.2) is 37.7 Å². The maximum Gasteiger partial charge on any atom is 0.203 e. The number of imidazole rings is 1. The van der Waals surface area contributed by atoms with E-state index in [0.29, 0.717) is 17.1 Å². The Morgan fingerprint density at radius 2 is 1.70 bits per heavy atom. The Morgan fingerprint density at radius 1 is 1.00 bits per heavy atom. The standard InChI is InChI=1S/C24H17F3N2O4/c25-14-7-13(8-15(26)10-14)22(32)21(24-28-18-3-1-2-4-19(18)29-24)23(33)16-9-12(20(31)11-30)5-6-17(16)27/h1-10,20,30-32H,11H2,(H,28,29). The minimum atomic E-state index is -1.37. The Kier molecular flexibility index (Phi) is 5.99. The van der Waals surface area contributed by atoms with E-state index in [9.17, 15) is 33.3 Å². The number of aromatic nitrogens is 2. The van der Waals surface area contributed by atoms with Crippen molar-refractivity contribution in [3.63, 3.8) is 0 Å². The zero-order valence-electron chi connectivity index (χ0n) is 16.9. The number of ketones is 1. The first kappa shape index (κ1) is 22.3. The van der Waals surface area contributed by atoms with Crippen molar-refractivity contribution >= 4 is 28.1 Å². The second-order valence-corrected chi connectivity index (χ2v) is 7.25. The molecule has 0 bridgehead atoms. The minimum Gasteiger partial charge on any atom is -0.506 e. The van der Waals surface area contributed by atoms with Gasteiger partial charge in [0.2, 0.25) is 5.78 Å². The highest BCUT2D eigenvalue weighted by molar-refractivity contribution is 6.33. The highest BCUT2D eigenvalue weighted by Gasteiger charge is 2.27. The topological polar surface area (TPSA) is 106 Å². The maximum atomic E-state index is 14.6. The van der Waals surface area contributed by atoms with Crippen LogP contribution in [0.2, 0.25) is 0 Å². The van der Waals surface area contributed by atoms with Crippen molar-refractivity contribution in [2.45, 2.75) is 6.10 Å². The molecule has 4 N–H and O–H groups in total. The monoisotopic (exact) mass is 454 g/mol. The van der Waals surface area contributed by atoms with Crippen LogP contribution in [0.5, 0.6) is 0 Å². The molecule has 168 valence electrons. The van der Waals surface area contributed by atoms with Gasteiger partial charge in [-0.05, 0) is 42.0 Å². The summed E-state index contributed by atoms with van der Waals surface area (Å²) < 4.78 is 42.2. The van der Waals surface area contributed by atoms with Crippen molar-refractivity contribution in [1.29, 1.82) is 0 Å². The lowest BCUT2D eigenvalue weighted by molar-refractivity contribution is 0.0952. The number of benzene rings is 3. The van der Waals surface area contributed by atoms with Crippen LogP contribution in [-0.2, 0) is 0 Å². The molecule has 0 saturated heterocycles. The lowest BCUT2D eigenvalue weighted by atomic mass is 9.96. The summed E-state index contributed by atoms with van der Waals surface area (Å²) in [6, 6.07) is 12.1. The van der Waals surface area contributed by atoms with Crippen LogP contribution in [0, 0.1) is 17.5 Å². The fourth-order valence-electron chi connectivity index (χ4n) is 3.40. The van der Waals surface area contributed by atoms with Crippen molar-refractivity contribution in [2.75, 3.05) is 6.61 Å². The van der Waals surface area contributed by atoms with Crippen LogP contribution in [0.15, 0.2) is 60.7 Å². The fraction of sp³-hybridized carbons (Fsp3) is 0.0833. The van der Waals surface area contributed by atoms with E-state index in [0.717, 1.165) is 24.3 Å². The van der Waals surface area contributed by atoms with Crippen molar-refractivity contribution in [3.8, 4) is 0 Å². The molecule has 0 aliphatic carbocycles. The fourth-order valence-corrected chi connectivity index (χ4v) is 3.40. The summed E-state index contributed by atoms with van der Waals surface area (Å²) in [7, 11) is 0.